The van der Waals surface area contributed by atoms with E-state index in [2.05, 4.69) is 20.8 Å². The highest BCUT2D eigenvalue weighted by Gasteiger charge is 2.45. The number of benzene rings is 3. The van der Waals surface area contributed by atoms with Gasteiger partial charge in [-0.2, -0.15) is 0 Å². The Hall–Kier alpha value is -4.23. The predicted molar refractivity (Wildman–Crippen MR) is 150 cm³/mol. The fourth-order valence-electron chi connectivity index (χ4n) is 4.83. The predicted octanol–water partition coefficient (Wildman–Crippen LogP) is 7.18. The van der Waals surface area contributed by atoms with Gasteiger partial charge < -0.3 is 19.0 Å². The monoisotopic (exact) mass is 545 g/mol. The summed E-state index contributed by atoms with van der Waals surface area (Å²) in [6, 6.07) is 18.4. The number of amides is 1. The van der Waals surface area contributed by atoms with Gasteiger partial charge in [-0.3, -0.25) is 14.5 Å². The fourth-order valence-corrected chi connectivity index (χ4v) is 5.04. The third-order valence-electron chi connectivity index (χ3n) is 6.87. The smallest absolute Gasteiger partial charge is 0.294 e. The number of ketones is 1. The van der Waals surface area contributed by atoms with Gasteiger partial charge in [0.25, 0.3) is 5.91 Å². The number of furan rings is 1. The van der Waals surface area contributed by atoms with Crippen LogP contribution in [0.1, 0.15) is 48.5 Å². The number of methoxy groups -OCH3 is 2. The summed E-state index contributed by atoms with van der Waals surface area (Å²) >= 11 is 6.20. The van der Waals surface area contributed by atoms with Crippen molar-refractivity contribution in [2.75, 3.05) is 19.1 Å². The zero-order valence-electron chi connectivity index (χ0n) is 22.2. The normalized spacial score (nSPS) is 15.8. The molecule has 1 aliphatic rings. The van der Waals surface area contributed by atoms with Crippen molar-refractivity contribution in [3.05, 3.63) is 100.0 Å². The maximum atomic E-state index is 14.0. The molecule has 1 atom stereocenters. The van der Waals surface area contributed by atoms with Crippen LogP contribution >= 0.6 is 11.6 Å². The van der Waals surface area contributed by atoms with Gasteiger partial charge in [0.05, 0.1) is 25.8 Å². The number of aliphatic hydroxyl groups is 1. The summed E-state index contributed by atoms with van der Waals surface area (Å²) in [7, 11) is 3.00. The van der Waals surface area contributed by atoms with E-state index in [1.165, 1.54) is 25.2 Å². The summed E-state index contributed by atoms with van der Waals surface area (Å²) < 4.78 is 16.6. The maximum absolute atomic E-state index is 14.0. The van der Waals surface area contributed by atoms with Gasteiger partial charge in [-0.05, 0) is 40.8 Å². The molecule has 0 bridgehead atoms. The number of Topliss-reactive ketones (excluding diaryl/α,β-unsaturated/α-hetero) is 1. The number of hydrogen-bond acceptors (Lipinski definition) is 6. The number of carbonyl (C=O) groups is 2. The first-order chi connectivity index (χ1) is 18.5. The first-order valence-corrected chi connectivity index (χ1v) is 12.7. The molecule has 1 N–H and O–H groups in total. The molecule has 1 unspecified atom stereocenters. The second-order valence-corrected chi connectivity index (χ2v) is 10.8. The van der Waals surface area contributed by atoms with Crippen LogP contribution in [0.5, 0.6) is 11.5 Å². The molecule has 2 heterocycles. The molecule has 4 aromatic rings. The molecule has 1 amide bonds. The van der Waals surface area contributed by atoms with E-state index in [0.29, 0.717) is 38.7 Å². The summed E-state index contributed by atoms with van der Waals surface area (Å²) in [6.45, 7) is 6.31. The van der Waals surface area contributed by atoms with Crippen LogP contribution in [0.4, 0.5) is 5.69 Å². The summed E-state index contributed by atoms with van der Waals surface area (Å²) in [5, 5.41) is 12.1. The second kappa shape index (κ2) is 9.82. The largest absolute Gasteiger partial charge is 0.503 e. The molecule has 5 rings (SSSR count). The molecule has 1 aromatic heterocycles. The van der Waals surface area contributed by atoms with Gasteiger partial charge in [-0.15, -0.1) is 0 Å². The SMILES string of the molecule is COc1cccc(N2C(=O)C(O)=C(C(=O)c3cc4cc(Cl)cc(OC)c4o3)C2c2ccc(C(C)(C)C)cc2)c1. The molecule has 0 spiro atoms. The van der Waals surface area contributed by atoms with E-state index in [9.17, 15) is 14.7 Å². The van der Waals surface area contributed by atoms with Crippen LogP contribution in [0.25, 0.3) is 11.0 Å². The van der Waals surface area contributed by atoms with Crippen molar-refractivity contribution < 1.29 is 28.6 Å². The number of aliphatic hydroxyl groups excluding tert-OH is 1. The molecule has 7 nitrogen and oxygen atoms in total. The van der Waals surface area contributed by atoms with E-state index in [-0.39, 0.29) is 16.7 Å². The van der Waals surface area contributed by atoms with Crippen molar-refractivity contribution in [3.63, 3.8) is 0 Å². The Labute approximate surface area is 231 Å². The Balaban J connectivity index is 1.66. The standard InChI is InChI=1S/C31H28ClNO6/c1-31(2,3)19-11-9-17(10-12-19)26-25(28(35)30(36)33(26)21-7-6-8-22(16-21)37-4)27(34)23-14-18-13-20(32)15-24(38-5)29(18)39-23/h6-16,26,35H,1-5H3. The Bertz CT molecular complexity index is 1630. The second-order valence-electron chi connectivity index (χ2n) is 10.4. The van der Waals surface area contributed by atoms with Crippen LogP contribution < -0.4 is 14.4 Å². The molecule has 0 radical (unpaired) electrons. The molecule has 200 valence electrons. The van der Waals surface area contributed by atoms with Crippen LogP contribution in [0, 0.1) is 0 Å². The number of halogens is 1. The van der Waals surface area contributed by atoms with Crippen molar-refractivity contribution in [1.29, 1.82) is 0 Å². The third kappa shape index (κ3) is 4.63. The summed E-state index contributed by atoms with van der Waals surface area (Å²) in [4.78, 5) is 28.9. The van der Waals surface area contributed by atoms with Crippen LogP contribution in [0.15, 0.2) is 82.5 Å². The van der Waals surface area contributed by atoms with Gasteiger partial charge in [-0.25, -0.2) is 0 Å². The highest BCUT2D eigenvalue weighted by atomic mass is 35.5. The Morgan fingerprint density at radius 1 is 1.00 bits per heavy atom. The van der Waals surface area contributed by atoms with Crippen molar-refractivity contribution in [3.8, 4) is 11.5 Å². The van der Waals surface area contributed by atoms with Crippen LogP contribution in [-0.4, -0.2) is 31.0 Å². The van der Waals surface area contributed by atoms with Crippen molar-refractivity contribution in [1.82, 2.24) is 0 Å². The molecule has 0 saturated heterocycles. The van der Waals surface area contributed by atoms with E-state index in [1.807, 2.05) is 24.3 Å². The number of ether oxygens (including phenoxy) is 2. The number of nitrogens with zero attached hydrogens (tertiary/aromatic N) is 1. The number of rotatable bonds is 6. The van der Waals surface area contributed by atoms with Crippen LogP contribution in [0.3, 0.4) is 0 Å². The molecule has 3 aromatic carbocycles. The lowest BCUT2D eigenvalue weighted by molar-refractivity contribution is -0.117. The first-order valence-electron chi connectivity index (χ1n) is 12.4. The molecule has 1 aliphatic heterocycles. The van der Waals surface area contributed by atoms with Crippen molar-refractivity contribution in [2.45, 2.75) is 32.2 Å². The number of carbonyl (C=O) groups excluding carboxylic acids is 2. The molecule has 8 heteroatoms. The van der Waals surface area contributed by atoms with Crippen LogP contribution in [0.2, 0.25) is 5.02 Å². The summed E-state index contributed by atoms with van der Waals surface area (Å²) in [5.74, 6) is -1.12. The first kappa shape index (κ1) is 26.4. The van der Waals surface area contributed by atoms with E-state index >= 15 is 0 Å². The average molecular weight is 546 g/mol. The van der Waals surface area contributed by atoms with Gasteiger partial charge in [-0.1, -0.05) is 62.7 Å². The maximum Gasteiger partial charge on any atom is 0.294 e. The topological polar surface area (TPSA) is 89.2 Å². The lowest BCUT2D eigenvalue weighted by Gasteiger charge is -2.28. The zero-order chi connectivity index (χ0) is 28.1. The van der Waals surface area contributed by atoms with Crippen LogP contribution in [-0.2, 0) is 10.2 Å². The molecule has 0 aliphatic carbocycles. The Kier molecular flexibility index (Phi) is 6.64. The molecule has 0 saturated carbocycles. The van der Waals surface area contributed by atoms with E-state index < -0.39 is 23.5 Å². The molecule has 39 heavy (non-hydrogen) atoms. The van der Waals surface area contributed by atoms with E-state index in [1.54, 1.807) is 36.4 Å². The molecular formula is C31H28ClNO6. The minimum absolute atomic E-state index is 0.0521. The lowest BCUT2D eigenvalue weighted by atomic mass is 9.85. The summed E-state index contributed by atoms with van der Waals surface area (Å²) in [5.41, 5.74) is 2.37. The van der Waals surface area contributed by atoms with E-state index in [0.717, 1.165) is 5.56 Å². The quantitative estimate of drug-likeness (QED) is 0.258. The number of fused-ring (bicyclic) bond motifs is 1. The van der Waals surface area contributed by atoms with Crippen molar-refractivity contribution >= 4 is 39.9 Å². The Morgan fingerprint density at radius 3 is 2.36 bits per heavy atom. The van der Waals surface area contributed by atoms with Gasteiger partial charge >= 0.3 is 0 Å². The lowest BCUT2D eigenvalue weighted by Crippen LogP contribution is -2.31. The zero-order valence-corrected chi connectivity index (χ0v) is 23.0. The van der Waals surface area contributed by atoms with Gasteiger partial charge in [0, 0.05) is 28.2 Å². The number of hydrogen-bond donors (Lipinski definition) is 1. The van der Waals surface area contributed by atoms with Crippen molar-refractivity contribution in [2.24, 2.45) is 0 Å². The summed E-state index contributed by atoms with van der Waals surface area (Å²) in [6.07, 6.45) is 0. The third-order valence-corrected chi connectivity index (χ3v) is 7.09. The van der Waals surface area contributed by atoms with Gasteiger partial charge in [0.15, 0.2) is 22.9 Å². The van der Waals surface area contributed by atoms with Gasteiger partial charge in [0.1, 0.15) is 5.75 Å². The molecule has 0 fully saturated rings. The van der Waals surface area contributed by atoms with Gasteiger partial charge in [0.2, 0.25) is 5.78 Å². The fraction of sp³-hybridized carbons (Fsp3) is 0.226. The minimum atomic E-state index is -0.912. The minimum Gasteiger partial charge on any atom is -0.503 e. The highest BCUT2D eigenvalue weighted by molar-refractivity contribution is 6.31. The number of anilines is 1. The highest BCUT2D eigenvalue weighted by Crippen LogP contribution is 2.44. The molecular weight excluding hydrogens is 518 g/mol. The average Bonchev–Trinajstić information content (AvgIpc) is 3.46. The van der Waals surface area contributed by atoms with E-state index in [4.69, 9.17) is 25.5 Å². The Morgan fingerprint density at radius 2 is 1.72 bits per heavy atom.